The number of aromatic nitrogens is 1. The molecule has 0 unspecified atom stereocenters. The van der Waals surface area contributed by atoms with E-state index in [1.165, 1.54) is 19.3 Å². The Morgan fingerprint density at radius 2 is 1.90 bits per heavy atom. The lowest BCUT2D eigenvalue weighted by Gasteiger charge is -2.28. The Balaban J connectivity index is 2.16. The van der Waals surface area contributed by atoms with E-state index in [4.69, 9.17) is 0 Å². The highest BCUT2D eigenvalue weighted by Crippen LogP contribution is 2.19. The van der Waals surface area contributed by atoms with E-state index >= 15 is 0 Å². The van der Waals surface area contributed by atoms with Crippen LogP contribution in [0.1, 0.15) is 29.6 Å². The molecule has 2 rings (SSSR count). The molecule has 0 aliphatic carbocycles. The summed E-state index contributed by atoms with van der Waals surface area (Å²) in [6.07, 6.45) is 8.85. The molecule has 1 aliphatic heterocycles. The van der Waals surface area contributed by atoms with Gasteiger partial charge < -0.3 is 9.80 Å². The van der Waals surface area contributed by atoms with Gasteiger partial charge in [0.05, 0.1) is 0 Å². The number of hydrogen-bond donors (Lipinski definition) is 0. The lowest BCUT2D eigenvalue weighted by Crippen LogP contribution is -2.32. The Kier molecular flexibility index (Phi) is 5.55. The number of amides is 1. The number of nitrogens with zero attached hydrogens (tertiary/aromatic N) is 3. The van der Waals surface area contributed by atoms with Crippen molar-refractivity contribution in [2.75, 3.05) is 31.1 Å². The van der Waals surface area contributed by atoms with Gasteiger partial charge in [-0.1, -0.05) is 12.2 Å². The summed E-state index contributed by atoms with van der Waals surface area (Å²) in [5.74, 6) is 0.896. The minimum Gasteiger partial charge on any atom is -0.357 e. The van der Waals surface area contributed by atoms with Crippen molar-refractivity contribution in [3.05, 3.63) is 49.2 Å². The first kappa shape index (κ1) is 15.3. The maximum absolute atomic E-state index is 12.5. The van der Waals surface area contributed by atoms with Crippen LogP contribution in [-0.2, 0) is 0 Å². The highest BCUT2D eigenvalue weighted by Gasteiger charge is 2.17. The number of hydrogen-bond acceptors (Lipinski definition) is 3. The summed E-state index contributed by atoms with van der Waals surface area (Å²) in [6, 6.07) is 3.67. The Morgan fingerprint density at radius 1 is 1.24 bits per heavy atom. The molecule has 1 amide bonds. The van der Waals surface area contributed by atoms with Crippen molar-refractivity contribution in [2.45, 2.75) is 19.3 Å². The first-order valence-corrected chi connectivity index (χ1v) is 7.48. The first-order chi connectivity index (χ1) is 10.3. The van der Waals surface area contributed by atoms with E-state index in [0.29, 0.717) is 18.7 Å². The van der Waals surface area contributed by atoms with Gasteiger partial charge in [0.25, 0.3) is 5.91 Å². The predicted molar refractivity (Wildman–Crippen MR) is 86.6 cm³/mol. The van der Waals surface area contributed by atoms with Crippen molar-refractivity contribution in [1.29, 1.82) is 0 Å². The van der Waals surface area contributed by atoms with E-state index in [-0.39, 0.29) is 5.91 Å². The van der Waals surface area contributed by atoms with Crippen LogP contribution in [0.25, 0.3) is 0 Å². The van der Waals surface area contributed by atoms with Crippen LogP contribution in [0, 0.1) is 0 Å². The Hall–Kier alpha value is -2.10. The third kappa shape index (κ3) is 3.94. The predicted octanol–water partition coefficient (Wildman–Crippen LogP) is 2.89. The Morgan fingerprint density at radius 3 is 2.52 bits per heavy atom. The van der Waals surface area contributed by atoms with Crippen LogP contribution in [-0.4, -0.2) is 42.0 Å². The fraction of sp³-hybridized carbons (Fsp3) is 0.412. The zero-order valence-electron chi connectivity index (χ0n) is 12.5. The van der Waals surface area contributed by atoms with Crippen molar-refractivity contribution in [3.8, 4) is 0 Å². The molecule has 1 fully saturated rings. The van der Waals surface area contributed by atoms with E-state index in [9.17, 15) is 4.79 Å². The minimum atomic E-state index is -0.00420. The number of anilines is 1. The van der Waals surface area contributed by atoms with Crippen LogP contribution in [0.5, 0.6) is 0 Å². The van der Waals surface area contributed by atoms with Crippen LogP contribution >= 0.6 is 0 Å². The monoisotopic (exact) mass is 285 g/mol. The Bertz CT molecular complexity index is 497. The number of carbonyl (C=O) groups is 1. The molecule has 21 heavy (non-hydrogen) atoms. The molecule has 0 spiro atoms. The molecular weight excluding hydrogens is 262 g/mol. The molecule has 0 aromatic carbocycles. The number of rotatable bonds is 6. The topological polar surface area (TPSA) is 36.4 Å². The highest BCUT2D eigenvalue weighted by molar-refractivity contribution is 5.95. The van der Waals surface area contributed by atoms with E-state index in [1.807, 2.05) is 6.07 Å². The van der Waals surface area contributed by atoms with Crippen LogP contribution < -0.4 is 4.90 Å². The third-order valence-electron chi connectivity index (χ3n) is 3.66. The summed E-state index contributed by atoms with van der Waals surface area (Å²) in [7, 11) is 0. The standard InChI is InChI=1S/C17H23N3O/c1-3-10-20(11-4-2)17(21)15-8-9-18-16(14-15)19-12-6-5-7-13-19/h3-4,8-9,14H,1-2,5-7,10-13H2. The lowest BCUT2D eigenvalue weighted by atomic mass is 10.1. The van der Waals surface area contributed by atoms with Crippen molar-refractivity contribution in [3.63, 3.8) is 0 Å². The third-order valence-corrected chi connectivity index (χ3v) is 3.66. The summed E-state index contributed by atoms with van der Waals surface area (Å²) in [5.41, 5.74) is 0.675. The van der Waals surface area contributed by atoms with Gasteiger partial charge in [-0.15, -0.1) is 13.2 Å². The van der Waals surface area contributed by atoms with Gasteiger partial charge in [0, 0.05) is 37.9 Å². The SMILES string of the molecule is C=CCN(CC=C)C(=O)c1ccnc(N2CCCCC2)c1. The second-order valence-electron chi connectivity index (χ2n) is 5.24. The van der Waals surface area contributed by atoms with Gasteiger partial charge in [-0.25, -0.2) is 4.98 Å². The lowest BCUT2D eigenvalue weighted by molar-refractivity contribution is 0.0791. The van der Waals surface area contributed by atoms with E-state index in [2.05, 4.69) is 23.0 Å². The molecule has 0 saturated carbocycles. The number of piperidine rings is 1. The maximum Gasteiger partial charge on any atom is 0.254 e. The number of carbonyl (C=O) groups excluding carboxylic acids is 1. The average Bonchev–Trinajstić information content (AvgIpc) is 2.55. The first-order valence-electron chi connectivity index (χ1n) is 7.48. The van der Waals surface area contributed by atoms with E-state index in [0.717, 1.165) is 18.9 Å². The maximum atomic E-state index is 12.5. The molecule has 0 atom stereocenters. The van der Waals surface area contributed by atoms with Crippen LogP contribution in [0.2, 0.25) is 0 Å². The zero-order chi connectivity index (χ0) is 15.1. The molecule has 0 bridgehead atoms. The molecule has 1 aromatic rings. The van der Waals surface area contributed by atoms with Gasteiger partial charge >= 0.3 is 0 Å². The molecule has 4 heteroatoms. The summed E-state index contributed by atoms with van der Waals surface area (Å²) < 4.78 is 0. The molecule has 0 N–H and O–H groups in total. The molecular formula is C17H23N3O. The average molecular weight is 285 g/mol. The van der Waals surface area contributed by atoms with Gasteiger partial charge in [0.1, 0.15) is 5.82 Å². The van der Waals surface area contributed by atoms with Gasteiger partial charge in [-0.05, 0) is 31.4 Å². The van der Waals surface area contributed by atoms with Gasteiger partial charge in [0.2, 0.25) is 0 Å². The Labute approximate surface area is 126 Å². The molecule has 2 heterocycles. The molecule has 4 nitrogen and oxygen atoms in total. The molecule has 1 aliphatic rings. The van der Waals surface area contributed by atoms with E-state index < -0.39 is 0 Å². The normalized spacial score (nSPS) is 14.6. The molecule has 1 saturated heterocycles. The molecule has 112 valence electrons. The van der Waals surface area contributed by atoms with Crippen molar-refractivity contribution < 1.29 is 4.79 Å². The van der Waals surface area contributed by atoms with Crippen molar-refractivity contribution in [2.24, 2.45) is 0 Å². The zero-order valence-corrected chi connectivity index (χ0v) is 12.5. The summed E-state index contributed by atoms with van der Waals surface area (Å²) in [6.45, 7) is 10.5. The van der Waals surface area contributed by atoms with Crippen LogP contribution in [0.3, 0.4) is 0 Å². The summed E-state index contributed by atoms with van der Waals surface area (Å²) >= 11 is 0. The number of pyridine rings is 1. The molecule has 0 radical (unpaired) electrons. The van der Waals surface area contributed by atoms with Crippen molar-refractivity contribution >= 4 is 11.7 Å². The largest absolute Gasteiger partial charge is 0.357 e. The van der Waals surface area contributed by atoms with Crippen LogP contribution in [0.15, 0.2) is 43.6 Å². The fourth-order valence-electron chi connectivity index (χ4n) is 2.58. The summed E-state index contributed by atoms with van der Waals surface area (Å²) in [4.78, 5) is 20.9. The fourth-order valence-corrected chi connectivity index (χ4v) is 2.58. The minimum absolute atomic E-state index is 0.00420. The molecule has 1 aromatic heterocycles. The van der Waals surface area contributed by atoms with Crippen LogP contribution in [0.4, 0.5) is 5.82 Å². The highest BCUT2D eigenvalue weighted by atomic mass is 16.2. The van der Waals surface area contributed by atoms with Crippen molar-refractivity contribution in [1.82, 2.24) is 9.88 Å². The van der Waals surface area contributed by atoms with Gasteiger partial charge in [-0.3, -0.25) is 4.79 Å². The van der Waals surface area contributed by atoms with Gasteiger partial charge in [0.15, 0.2) is 0 Å². The summed E-state index contributed by atoms with van der Waals surface area (Å²) in [5, 5.41) is 0. The van der Waals surface area contributed by atoms with E-state index in [1.54, 1.807) is 29.3 Å². The second-order valence-corrected chi connectivity index (χ2v) is 5.24. The van der Waals surface area contributed by atoms with Gasteiger partial charge in [-0.2, -0.15) is 0 Å². The quantitative estimate of drug-likeness (QED) is 0.754. The smallest absolute Gasteiger partial charge is 0.254 e. The second kappa shape index (κ2) is 7.62.